The largest absolute Gasteiger partial charge is 0.423 e. The minimum Gasteiger partial charge on any atom is -0.423 e. The van der Waals surface area contributed by atoms with Crippen molar-refractivity contribution in [1.82, 2.24) is 35.5 Å². The highest BCUT2D eigenvalue weighted by Gasteiger charge is 2.32. The molecule has 0 fully saturated rings. The molecule has 9 nitrogen and oxygen atoms in total. The van der Waals surface area contributed by atoms with Gasteiger partial charge < -0.3 is 9.32 Å². The van der Waals surface area contributed by atoms with E-state index in [2.05, 4.69) is 60.0 Å². The van der Waals surface area contributed by atoms with Gasteiger partial charge in [0.2, 0.25) is 11.8 Å². The maximum Gasteiger partial charge on any atom is 0.239 e. The molecule has 0 saturated heterocycles. The van der Waals surface area contributed by atoms with Crippen molar-refractivity contribution >= 4 is 11.5 Å². The van der Waals surface area contributed by atoms with Crippen LogP contribution in [0.5, 0.6) is 0 Å². The fourth-order valence-corrected chi connectivity index (χ4v) is 3.32. The molecule has 0 bridgehead atoms. The van der Waals surface area contributed by atoms with Gasteiger partial charge in [-0.25, -0.2) is 0 Å². The van der Waals surface area contributed by atoms with Crippen molar-refractivity contribution in [2.75, 3.05) is 4.90 Å². The molecule has 1 atom stereocenters. The molecule has 1 aliphatic heterocycles. The number of rotatable bonds is 3. The molecule has 130 valence electrons. The van der Waals surface area contributed by atoms with Crippen molar-refractivity contribution < 1.29 is 4.42 Å². The summed E-state index contributed by atoms with van der Waals surface area (Å²) in [4.78, 5) is 2.16. The highest BCUT2D eigenvalue weighted by atomic mass is 16.4. The molecule has 0 spiro atoms. The summed E-state index contributed by atoms with van der Waals surface area (Å²) < 4.78 is 7.30. The van der Waals surface area contributed by atoms with E-state index in [1.165, 1.54) is 15.8 Å². The second kappa shape index (κ2) is 5.87. The van der Waals surface area contributed by atoms with Gasteiger partial charge in [0, 0.05) is 19.4 Å². The second-order valence-electron chi connectivity index (χ2n) is 6.22. The van der Waals surface area contributed by atoms with E-state index in [9.17, 15) is 0 Å². The van der Waals surface area contributed by atoms with E-state index >= 15 is 0 Å². The highest BCUT2D eigenvalue weighted by molar-refractivity contribution is 5.49. The molecular formula is C17H16N8O. The van der Waals surface area contributed by atoms with Crippen LogP contribution in [0, 0.1) is 0 Å². The summed E-state index contributed by atoms with van der Waals surface area (Å²) in [5.74, 6) is 2.01. The van der Waals surface area contributed by atoms with Gasteiger partial charge in [-0.15, -0.1) is 25.0 Å². The van der Waals surface area contributed by atoms with Crippen LogP contribution in [0.3, 0.4) is 0 Å². The van der Waals surface area contributed by atoms with E-state index in [0.29, 0.717) is 30.4 Å². The number of fused-ring (bicyclic) bond motifs is 2. The van der Waals surface area contributed by atoms with E-state index in [4.69, 9.17) is 4.42 Å². The zero-order chi connectivity index (χ0) is 17.5. The lowest BCUT2D eigenvalue weighted by molar-refractivity contribution is 0.395. The van der Waals surface area contributed by atoms with Gasteiger partial charge in [-0.05, 0) is 33.7 Å². The van der Waals surface area contributed by atoms with Crippen molar-refractivity contribution in [2.45, 2.75) is 32.4 Å². The number of tetrazole rings is 1. The molecule has 0 saturated carbocycles. The molecule has 0 radical (unpaired) electrons. The van der Waals surface area contributed by atoms with Crippen LogP contribution in [0.15, 0.2) is 40.8 Å². The van der Waals surface area contributed by atoms with Gasteiger partial charge in [0.1, 0.15) is 6.04 Å². The van der Waals surface area contributed by atoms with Crippen molar-refractivity contribution in [2.24, 2.45) is 0 Å². The zero-order valence-electron chi connectivity index (χ0n) is 14.1. The Labute approximate surface area is 148 Å². The fourth-order valence-electron chi connectivity index (χ4n) is 3.32. The third kappa shape index (κ3) is 2.40. The van der Waals surface area contributed by atoms with Crippen LogP contribution < -0.4 is 4.90 Å². The SMILES string of the molecule is CCc1nnc([C@H]2Cc3ccccc3CN2c2ccc3nnnn3n2)o1. The van der Waals surface area contributed by atoms with Crippen molar-refractivity contribution in [3.8, 4) is 0 Å². The average Bonchev–Trinajstić information content (AvgIpc) is 3.35. The van der Waals surface area contributed by atoms with Gasteiger partial charge in [0.05, 0.1) is 0 Å². The number of hydrogen-bond acceptors (Lipinski definition) is 8. The highest BCUT2D eigenvalue weighted by Crippen LogP contribution is 2.35. The Balaban J connectivity index is 1.61. The monoisotopic (exact) mass is 348 g/mol. The van der Waals surface area contributed by atoms with E-state index in [1.54, 1.807) is 0 Å². The molecule has 4 aromatic rings. The third-order valence-corrected chi connectivity index (χ3v) is 4.67. The van der Waals surface area contributed by atoms with Gasteiger partial charge in [-0.2, -0.15) is 0 Å². The van der Waals surface area contributed by atoms with Crippen molar-refractivity contribution in [1.29, 1.82) is 0 Å². The van der Waals surface area contributed by atoms with Crippen molar-refractivity contribution in [3.05, 3.63) is 59.3 Å². The summed E-state index contributed by atoms with van der Waals surface area (Å²) in [5.41, 5.74) is 3.15. The molecule has 0 N–H and O–H groups in total. The normalized spacial score (nSPS) is 16.8. The van der Waals surface area contributed by atoms with Crippen LogP contribution >= 0.6 is 0 Å². The first-order chi connectivity index (χ1) is 12.8. The summed E-state index contributed by atoms with van der Waals surface area (Å²) in [6.45, 7) is 2.70. The topological polar surface area (TPSA) is 98.1 Å². The predicted molar refractivity (Wildman–Crippen MR) is 91.3 cm³/mol. The van der Waals surface area contributed by atoms with Gasteiger partial charge in [-0.1, -0.05) is 31.2 Å². The Bertz CT molecular complexity index is 1070. The molecule has 0 amide bonds. The number of anilines is 1. The van der Waals surface area contributed by atoms with Crippen LogP contribution in [0.2, 0.25) is 0 Å². The average molecular weight is 348 g/mol. The summed E-state index contributed by atoms with van der Waals surface area (Å²) in [6.07, 6.45) is 1.49. The predicted octanol–water partition coefficient (Wildman–Crippen LogP) is 1.77. The maximum atomic E-state index is 5.87. The molecule has 5 rings (SSSR count). The molecule has 26 heavy (non-hydrogen) atoms. The quantitative estimate of drug-likeness (QED) is 0.552. The second-order valence-corrected chi connectivity index (χ2v) is 6.22. The lowest BCUT2D eigenvalue weighted by atomic mass is 9.94. The van der Waals surface area contributed by atoms with E-state index in [0.717, 1.165) is 12.2 Å². The minimum atomic E-state index is -0.0841. The lowest BCUT2D eigenvalue weighted by Crippen LogP contribution is -2.35. The van der Waals surface area contributed by atoms with Crippen LogP contribution in [-0.2, 0) is 19.4 Å². The van der Waals surface area contributed by atoms with Gasteiger partial charge >= 0.3 is 0 Å². The van der Waals surface area contributed by atoms with Crippen LogP contribution in [-0.4, -0.2) is 35.5 Å². The van der Waals surface area contributed by atoms with E-state index in [-0.39, 0.29) is 6.04 Å². The number of benzene rings is 1. The Morgan fingerprint density at radius 3 is 2.81 bits per heavy atom. The van der Waals surface area contributed by atoms with Crippen molar-refractivity contribution in [3.63, 3.8) is 0 Å². The van der Waals surface area contributed by atoms with E-state index < -0.39 is 0 Å². The molecule has 9 heteroatoms. The number of aryl methyl sites for hydroxylation is 1. The molecule has 1 aliphatic rings. The van der Waals surface area contributed by atoms with Gasteiger partial charge in [0.15, 0.2) is 11.5 Å². The first kappa shape index (κ1) is 14.9. The molecule has 0 aliphatic carbocycles. The van der Waals surface area contributed by atoms with Crippen LogP contribution in [0.1, 0.15) is 35.9 Å². The summed E-state index contributed by atoms with van der Waals surface area (Å²) in [6, 6.07) is 12.1. The van der Waals surface area contributed by atoms with Gasteiger partial charge in [-0.3, -0.25) is 0 Å². The van der Waals surface area contributed by atoms with E-state index in [1.807, 2.05) is 19.1 Å². The molecular weight excluding hydrogens is 332 g/mol. The third-order valence-electron chi connectivity index (χ3n) is 4.67. The Kier molecular flexibility index (Phi) is 3.37. The lowest BCUT2D eigenvalue weighted by Gasteiger charge is -2.35. The first-order valence-corrected chi connectivity index (χ1v) is 8.53. The molecule has 4 heterocycles. The molecule has 1 aromatic carbocycles. The number of nitrogens with zero attached hydrogens (tertiary/aromatic N) is 8. The smallest absolute Gasteiger partial charge is 0.239 e. The Hall–Kier alpha value is -3.36. The minimum absolute atomic E-state index is 0.0841. The summed E-state index contributed by atoms with van der Waals surface area (Å²) in [5, 5.41) is 24.4. The molecule has 3 aromatic heterocycles. The summed E-state index contributed by atoms with van der Waals surface area (Å²) >= 11 is 0. The Morgan fingerprint density at radius 1 is 1.08 bits per heavy atom. The van der Waals surface area contributed by atoms with Crippen LogP contribution in [0.25, 0.3) is 5.65 Å². The Morgan fingerprint density at radius 2 is 1.96 bits per heavy atom. The maximum absolute atomic E-state index is 5.87. The van der Waals surface area contributed by atoms with Gasteiger partial charge in [0.25, 0.3) is 0 Å². The summed E-state index contributed by atoms with van der Waals surface area (Å²) in [7, 11) is 0. The number of aromatic nitrogens is 7. The molecule has 0 unspecified atom stereocenters. The number of hydrogen-bond donors (Lipinski definition) is 0. The standard InChI is InChI=1S/C17H16N8O/c1-2-16-19-20-17(26-16)13-9-11-5-3-4-6-12(11)10-24(13)15-8-7-14-18-22-23-25(14)21-15/h3-8,13H,2,9-10H2,1H3/t13-/m1/s1. The first-order valence-electron chi connectivity index (χ1n) is 8.53. The van der Waals surface area contributed by atoms with Crippen LogP contribution in [0.4, 0.5) is 5.82 Å². The zero-order valence-corrected chi connectivity index (χ0v) is 14.1. The fraction of sp³-hybridized carbons (Fsp3) is 0.294.